The van der Waals surface area contributed by atoms with Crippen molar-refractivity contribution in [3.05, 3.63) is 61.6 Å². The fraction of sp³-hybridized carbons (Fsp3) is 0.154. The molecule has 0 saturated heterocycles. The molecule has 0 aliphatic carbocycles. The minimum Gasteiger partial charge on any atom is -0.475 e. The number of alkyl halides is 1. The summed E-state index contributed by atoms with van der Waals surface area (Å²) < 4.78 is 32.4. The molecule has 0 N–H and O–H groups in total. The number of nitro groups is 1. The van der Waals surface area contributed by atoms with Gasteiger partial charge in [0.05, 0.1) is 0 Å². The van der Waals surface area contributed by atoms with E-state index in [2.05, 4.69) is 4.98 Å². The molecule has 0 unspecified atom stereocenters. The highest BCUT2D eigenvalue weighted by atomic mass is 127. The minimum atomic E-state index is -1.14. The van der Waals surface area contributed by atoms with Gasteiger partial charge in [0, 0.05) is 9.13 Å². The number of hydrogen-bond acceptors (Lipinski definition) is 4. The van der Waals surface area contributed by atoms with E-state index in [0.717, 1.165) is 6.07 Å². The summed E-state index contributed by atoms with van der Waals surface area (Å²) in [5.41, 5.74) is 0.288. The normalized spacial score (nSPS) is 12.0. The molecule has 21 heavy (non-hydrogen) atoms. The lowest BCUT2D eigenvalue weighted by molar-refractivity contribution is -0.390. The number of aromatic nitrogens is 1. The first kappa shape index (κ1) is 15.5. The molecule has 1 atom stereocenters. The van der Waals surface area contributed by atoms with Gasteiger partial charge in [-0.3, -0.25) is 0 Å². The van der Waals surface area contributed by atoms with Crippen LogP contribution in [0.25, 0.3) is 0 Å². The van der Waals surface area contributed by atoms with Crippen molar-refractivity contribution in [2.45, 2.75) is 6.10 Å². The van der Waals surface area contributed by atoms with Crippen molar-refractivity contribution >= 4 is 28.4 Å². The van der Waals surface area contributed by atoms with Crippen molar-refractivity contribution in [1.82, 2.24) is 4.98 Å². The molecule has 1 heterocycles. The lowest BCUT2D eigenvalue weighted by Gasteiger charge is -2.17. The highest BCUT2D eigenvalue weighted by molar-refractivity contribution is 14.1. The van der Waals surface area contributed by atoms with Crippen LogP contribution in [0.15, 0.2) is 36.5 Å². The second-order valence-corrected chi connectivity index (χ2v) is 5.17. The van der Waals surface area contributed by atoms with Crippen LogP contribution < -0.4 is 4.74 Å². The predicted octanol–water partition coefficient (Wildman–Crippen LogP) is 3.82. The monoisotopic (exact) mass is 406 g/mol. The van der Waals surface area contributed by atoms with E-state index in [-0.39, 0.29) is 11.3 Å². The van der Waals surface area contributed by atoms with Gasteiger partial charge in [0.25, 0.3) is 0 Å². The average molecular weight is 406 g/mol. The first-order valence-corrected chi connectivity index (χ1v) is 6.87. The Bertz CT molecular complexity index is 670. The van der Waals surface area contributed by atoms with Crippen LogP contribution in [0.2, 0.25) is 0 Å². The summed E-state index contributed by atoms with van der Waals surface area (Å²) in [6.07, 6.45) is 0.0944. The molecular weight excluding hydrogens is 397 g/mol. The molecule has 0 fully saturated rings. The van der Waals surface area contributed by atoms with Gasteiger partial charge in [-0.25, -0.2) is 8.78 Å². The van der Waals surface area contributed by atoms with Gasteiger partial charge in [0.2, 0.25) is 5.75 Å². The molecule has 0 radical (unpaired) electrons. The summed E-state index contributed by atoms with van der Waals surface area (Å²) in [6.45, 7) is -0.953. The van der Waals surface area contributed by atoms with Gasteiger partial charge in [-0.2, -0.15) is 0 Å². The lowest BCUT2D eigenvalue weighted by Crippen LogP contribution is -2.13. The Morgan fingerprint density at radius 2 is 2.19 bits per heavy atom. The van der Waals surface area contributed by atoms with Crippen molar-refractivity contribution in [3.8, 4) is 5.75 Å². The Labute approximate surface area is 132 Å². The molecule has 0 spiro atoms. The Morgan fingerprint density at radius 1 is 1.43 bits per heavy atom. The molecule has 8 heteroatoms. The molecule has 1 aromatic heterocycles. The second kappa shape index (κ2) is 6.74. The lowest BCUT2D eigenvalue weighted by atomic mass is 10.1. The Morgan fingerprint density at radius 3 is 2.86 bits per heavy atom. The molecular formula is C13H9F2IN2O3. The summed E-state index contributed by atoms with van der Waals surface area (Å²) in [6, 6.07) is 6.63. The van der Waals surface area contributed by atoms with Crippen molar-refractivity contribution < 1.29 is 18.4 Å². The fourth-order valence-corrected chi connectivity index (χ4v) is 2.39. The highest BCUT2D eigenvalue weighted by Crippen LogP contribution is 2.31. The summed E-state index contributed by atoms with van der Waals surface area (Å²) in [4.78, 5) is 13.7. The Balaban J connectivity index is 2.36. The van der Waals surface area contributed by atoms with Gasteiger partial charge in [-0.05, 0) is 62.8 Å². The van der Waals surface area contributed by atoms with E-state index in [4.69, 9.17) is 4.74 Å². The van der Waals surface area contributed by atoms with E-state index in [1.54, 1.807) is 0 Å². The van der Waals surface area contributed by atoms with Crippen LogP contribution in [0.3, 0.4) is 0 Å². The zero-order chi connectivity index (χ0) is 15.4. The molecule has 5 nitrogen and oxygen atoms in total. The van der Waals surface area contributed by atoms with E-state index >= 15 is 0 Å². The smallest absolute Gasteiger partial charge is 0.406 e. The zero-order valence-corrected chi connectivity index (χ0v) is 12.7. The number of ether oxygens (including phenoxy) is 1. The predicted molar refractivity (Wildman–Crippen MR) is 79.4 cm³/mol. The summed E-state index contributed by atoms with van der Waals surface area (Å²) in [7, 11) is 0. The van der Waals surface area contributed by atoms with Crippen molar-refractivity contribution in [2.24, 2.45) is 0 Å². The van der Waals surface area contributed by atoms with Crippen LogP contribution in [0.4, 0.5) is 14.6 Å². The van der Waals surface area contributed by atoms with E-state index < -0.39 is 29.3 Å². The summed E-state index contributed by atoms with van der Waals surface area (Å²) in [5, 5.41) is 10.9. The van der Waals surface area contributed by atoms with E-state index in [0.29, 0.717) is 3.57 Å². The van der Waals surface area contributed by atoms with Gasteiger partial charge < -0.3 is 14.9 Å². The number of pyridine rings is 1. The van der Waals surface area contributed by atoms with Crippen LogP contribution in [0.5, 0.6) is 5.75 Å². The van der Waals surface area contributed by atoms with Crippen LogP contribution >= 0.6 is 22.6 Å². The first-order chi connectivity index (χ1) is 10.0. The third-order valence-electron chi connectivity index (χ3n) is 2.64. The molecule has 110 valence electrons. The highest BCUT2D eigenvalue weighted by Gasteiger charge is 2.23. The van der Waals surface area contributed by atoms with Gasteiger partial charge >= 0.3 is 5.82 Å². The fourth-order valence-electron chi connectivity index (χ4n) is 1.70. The van der Waals surface area contributed by atoms with E-state index in [1.165, 1.54) is 30.5 Å². The van der Waals surface area contributed by atoms with Crippen molar-refractivity contribution in [3.63, 3.8) is 0 Å². The maximum atomic E-state index is 13.3. The van der Waals surface area contributed by atoms with Gasteiger partial charge in [0.1, 0.15) is 18.7 Å². The number of halogens is 3. The molecule has 1 aromatic carbocycles. The topological polar surface area (TPSA) is 65.3 Å². The first-order valence-electron chi connectivity index (χ1n) is 5.80. The third kappa shape index (κ3) is 3.63. The van der Waals surface area contributed by atoms with Gasteiger partial charge in [0.15, 0.2) is 6.10 Å². The van der Waals surface area contributed by atoms with Crippen LogP contribution in [0, 0.1) is 19.5 Å². The average Bonchev–Trinajstić information content (AvgIpc) is 2.47. The SMILES string of the molecule is O=[N+]([O-])c1ncccc1O[C@@H](CF)c1cc(F)ccc1I. The zero-order valence-electron chi connectivity index (χ0n) is 10.5. The second-order valence-electron chi connectivity index (χ2n) is 4.01. The van der Waals surface area contributed by atoms with E-state index in [9.17, 15) is 18.9 Å². The molecule has 0 aliphatic rings. The quantitative estimate of drug-likeness (QED) is 0.430. The molecule has 0 aliphatic heterocycles. The standard InChI is InChI=1S/C13H9F2IN2O3/c14-7-12(9-6-8(15)3-4-10(9)16)21-11-2-1-5-17-13(11)18(19)20/h1-6,12H,7H2/t12-/m0/s1. The minimum absolute atomic E-state index is 0.162. The maximum absolute atomic E-state index is 13.3. The largest absolute Gasteiger partial charge is 0.475 e. The Kier molecular flexibility index (Phi) is 4.99. The molecule has 0 amide bonds. The molecule has 2 aromatic rings. The third-order valence-corrected chi connectivity index (χ3v) is 3.62. The number of benzene rings is 1. The van der Waals surface area contributed by atoms with E-state index in [1.807, 2.05) is 22.6 Å². The van der Waals surface area contributed by atoms with Gasteiger partial charge in [-0.1, -0.05) is 0 Å². The van der Waals surface area contributed by atoms with Crippen molar-refractivity contribution in [1.29, 1.82) is 0 Å². The van der Waals surface area contributed by atoms with Crippen LogP contribution in [-0.4, -0.2) is 16.6 Å². The molecule has 0 saturated carbocycles. The number of rotatable bonds is 5. The number of hydrogen-bond donors (Lipinski definition) is 0. The summed E-state index contributed by atoms with van der Waals surface area (Å²) in [5.74, 6) is -1.21. The maximum Gasteiger partial charge on any atom is 0.406 e. The van der Waals surface area contributed by atoms with Crippen molar-refractivity contribution in [2.75, 3.05) is 6.67 Å². The Hall–Kier alpha value is -1.84. The van der Waals surface area contributed by atoms with Gasteiger partial charge in [-0.15, -0.1) is 0 Å². The van der Waals surface area contributed by atoms with Crippen LogP contribution in [0.1, 0.15) is 11.7 Å². The molecule has 0 bridgehead atoms. The molecule has 2 rings (SSSR count). The number of nitrogens with zero attached hydrogens (tertiary/aromatic N) is 2. The summed E-state index contributed by atoms with van der Waals surface area (Å²) >= 11 is 1.92. The van der Waals surface area contributed by atoms with Crippen LogP contribution in [-0.2, 0) is 0 Å².